The van der Waals surface area contributed by atoms with Gasteiger partial charge in [0.1, 0.15) is 11.9 Å². The third kappa shape index (κ3) is 3.98. The number of aliphatic hydroxyl groups is 1. The highest BCUT2D eigenvalue weighted by molar-refractivity contribution is 5.42. The van der Waals surface area contributed by atoms with E-state index in [-0.39, 0.29) is 5.56 Å². The van der Waals surface area contributed by atoms with E-state index in [1.165, 1.54) is 18.2 Å². The van der Waals surface area contributed by atoms with E-state index in [0.717, 1.165) is 11.1 Å². The summed E-state index contributed by atoms with van der Waals surface area (Å²) in [6, 6.07) is 11.0. The molecule has 0 heterocycles. The average Bonchev–Trinajstić information content (AvgIpc) is 2.35. The Bertz CT molecular complexity index is 615. The van der Waals surface area contributed by atoms with Crippen LogP contribution < -0.4 is 4.74 Å². The highest BCUT2D eigenvalue weighted by Crippen LogP contribution is 2.33. The van der Waals surface area contributed by atoms with Gasteiger partial charge in [0, 0.05) is 5.56 Å². The molecule has 1 unspecified atom stereocenters. The molecule has 0 aliphatic rings. The van der Waals surface area contributed by atoms with Gasteiger partial charge in [-0.25, -0.2) is 0 Å². The highest BCUT2D eigenvalue weighted by atomic mass is 19.4. The van der Waals surface area contributed by atoms with Crippen molar-refractivity contribution in [2.75, 3.05) is 0 Å². The highest BCUT2D eigenvalue weighted by Gasteiger charge is 2.32. The first-order valence-corrected chi connectivity index (χ1v) is 6.37. The maximum Gasteiger partial charge on any atom is 0.573 e. The van der Waals surface area contributed by atoms with Crippen LogP contribution in [-0.4, -0.2) is 11.5 Å². The predicted molar refractivity (Wildman–Crippen MR) is 73.1 cm³/mol. The monoisotopic (exact) mass is 296 g/mol. The van der Waals surface area contributed by atoms with Crippen LogP contribution >= 0.6 is 0 Å². The van der Waals surface area contributed by atoms with Gasteiger partial charge in [-0.2, -0.15) is 0 Å². The van der Waals surface area contributed by atoms with E-state index in [4.69, 9.17) is 0 Å². The van der Waals surface area contributed by atoms with E-state index < -0.39 is 18.2 Å². The quantitative estimate of drug-likeness (QED) is 0.916. The van der Waals surface area contributed by atoms with Crippen LogP contribution in [0.3, 0.4) is 0 Å². The molecular formula is C16H15F3O2. The fourth-order valence-electron chi connectivity index (χ4n) is 2.27. The van der Waals surface area contributed by atoms with Crippen molar-refractivity contribution in [3.63, 3.8) is 0 Å². The fraction of sp³-hybridized carbons (Fsp3) is 0.250. The van der Waals surface area contributed by atoms with Gasteiger partial charge in [0.25, 0.3) is 0 Å². The zero-order valence-electron chi connectivity index (χ0n) is 11.6. The Kier molecular flexibility index (Phi) is 4.23. The third-order valence-electron chi connectivity index (χ3n) is 3.00. The lowest BCUT2D eigenvalue weighted by Gasteiger charge is -2.18. The molecule has 2 nitrogen and oxygen atoms in total. The van der Waals surface area contributed by atoms with Crippen molar-refractivity contribution >= 4 is 0 Å². The molecule has 0 fully saturated rings. The van der Waals surface area contributed by atoms with Crippen LogP contribution in [0.1, 0.15) is 28.4 Å². The minimum absolute atomic E-state index is 0.0832. The van der Waals surface area contributed by atoms with Gasteiger partial charge in [0.05, 0.1) is 0 Å². The Labute approximate surface area is 120 Å². The largest absolute Gasteiger partial charge is 0.573 e. The molecule has 2 aromatic carbocycles. The van der Waals surface area contributed by atoms with Crippen molar-refractivity contribution in [2.45, 2.75) is 26.3 Å². The van der Waals surface area contributed by atoms with Crippen molar-refractivity contribution in [1.29, 1.82) is 0 Å². The molecule has 1 N–H and O–H groups in total. The Hall–Kier alpha value is -2.01. The number of halogens is 3. The van der Waals surface area contributed by atoms with E-state index in [9.17, 15) is 18.3 Å². The number of aliphatic hydroxyl groups excluding tert-OH is 1. The summed E-state index contributed by atoms with van der Waals surface area (Å²) in [6.07, 6.45) is -5.97. The Balaban J connectivity index is 2.41. The molecule has 0 saturated heterocycles. The van der Waals surface area contributed by atoms with Crippen molar-refractivity contribution in [1.82, 2.24) is 0 Å². The third-order valence-corrected chi connectivity index (χ3v) is 3.00. The van der Waals surface area contributed by atoms with Gasteiger partial charge >= 0.3 is 6.36 Å². The molecule has 112 valence electrons. The van der Waals surface area contributed by atoms with Crippen molar-refractivity contribution in [3.8, 4) is 5.75 Å². The summed E-state index contributed by atoms with van der Waals surface area (Å²) in [5.41, 5.74) is 2.47. The van der Waals surface area contributed by atoms with Gasteiger partial charge in [-0.05, 0) is 25.5 Å². The Morgan fingerprint density at radius 1 is 1.00 bits per heavy atom. The van der Waals surface area contributed by atoms with Crippen LogP contribution in [0.5, 0.6) is 5.75 Å². The first-order chi connectivity index (χ1) is 9.76. The van der Waals surface area contributed by atoms with E-state index in [0.29, 0.717) is 5.56 Å². The number of benzene rings is 2. The molecule has 21 heavy (non-hydrogen) atoms. The van der Waals surface area contributed by atoms with Crippen LogP contribution in [0.15, 0.2) is 42.5 Å². The van der Waals surface area contributed by atoms with Gasteiger partial charge in [-0.15, -0.1) is 13.2 Å². The molecule has 1 atom stereocenters. The van der Waals surface area contributed by atoms with Crippen LogP contribution in [0.25, 0.3) is 0 Å². The molecule has 0 radical (unpaired) electrons. The number of rotatable bonds is 3. The maximum absolute atomic E-state index is 12.4. The number of alkyl halides is 3. The summed E-state index contributed by atoms with van der Waals surface area (Å²) in [5.74, 6) is -0.392. The van der Waals surface area contributed by atoms with Gasteiger partial charge in [-0.1, -0.05) is 47.5 Å². The van der Waals surface area contributed by atoms with Gasteiger partial charge in [0.15, 0.2) is 0 Å². The fourth-order valence-corrected chi connectivity index (χ4v) is 2.27. The van der Waals surface area contributed by atoms with Crippen molar-refractivity contribution in [3.05, 3.63) is 64.7 Å². The molecule has 2 rings (SSSR count). The summed E-state index contributed by atoms with van der Waals surface area (Å²) in [6.45, 7) is 3.72. The van der Waals surface area contributed by atoms with Gasteiger partial charge in [-0.3, -0.25) is 0 Å². The predicted octanol–water partition coefficient (Wildman–Crippen LogP) is 4.28. The standard InChI is InChI=1S/C16H15F3O2/c1-10-7-11(2)9-12(8-10)15(20)13-5-3-4-6-14(13)21-16(17,18)19/h3-9,15,20H,1-2H3. The van der Waals surface area contributed by atoms with Crippen molar-refractivity contribution in [2.24, 2.45) is 0 Å². The zero-order chi connectivity index (χ0) is 15.6. The molecule has 5 heteroatoms. The Morgan fingerprint density at radius 2 is 1.57 bits per heavy atom. The molecular weight excluding hydrogens is 281 g/mol. The van der Waals surface area contributed by atoms with Crippen LogP contribution in [0, 0.1) is 13.8 Å². The summed E-state index contributed by atoms with van der Waals surface area (Å²) in [7, 11) is 0. The number of hydrogen-bond donors (Lipinski definition) is 1. The van der Waals surface area contributed by atoms with Crippen LogP contribution in [0.2, 0.25) is 0 Å². The second-order valence-corrected chi connectivity index (χ2v) is 4.91. The normalized spacial score (nSPS) is 13.0. The number of hydrogen-bond acceptors (Lipinski definition) is 2. The molecule has 0 aliphatic heterocycles. The summed E-state index contributed by atoms with van der Waals surface area (Å²) in [4.78, 5) is 0. The van der Waals surface area contributed by atoms with Crippen LogP contribution in [0.4, 0.5) is 13.2 Å². The van der Waals surface area contributed by atoms with E-state index in [2.05, 4.69) is 4.74 Å². The lowest BCUT2D eigenvalue weighted by molar-refractivity contribution is -0.275. The molecule has 0 aliphatic carbocycles. The molecule has 2 aromatic rings. The molecule has 0 amide bonds. The number of para-hydroxylation sites is 1. The second-order valence-electron chi connectivity index (χ2n) is 4.91. The van der Waals surface area contributed by atoms with E-state index in [1.54, 1.807) is 18.2 Å². The first kappa shape index (κ1) is 15.4. The zero-order valence-corrected chi connectivity index (χ0v) is 11.6. The topological polar surface area (TPSA) is 29.5 Å². The van der Waals surface area contributed by atoms with E-state index in [1.807, 2.05) is 19.9 Å². The molecule has 0 aromatic heterocycles. The average molecular weight is 296 g/mol. The minimum Gasteiger partial charge on any atom is -0.405 e. The first-order valence-electron chi connectivity index (χ1n) is 6.37. The van der Waals surface area contributed by atoms with Crippen LogP contribution in [-0.2, 0) is 0 Å². The van der Waals surface area contributed by atoms with Gasteiger partial charge < -0.3 is 9.84 Å². The maximum atomic E-state index is 12.4. The minimum atomic E-state index is -4.79. The smallest absolute Gasteiger partial charge is 0.405 e. The SMILES string of the molecule is Cc1cc(C)cc(C(O)c2ccccc2OC(F)(F)F)c1. The molecule has 0 bridgehead atoms. The Morgan fingerprint density at radius 3 is 2.14 bits per heavy atom. The van der Waals surface area contributed by atoms with E-state index >= 15 is 0 Å². The summed E-state index contributed by atoms with van der Waals surface area (Å²) in [5, 5.41) is 10.4. The lowest BCUT2D eigenvalue weighted by atomic mass is 9.97. The summed E-state index contributed by atoms with van der Waals surface area (Å²) >= 11 is 0. The second kappa shape index (κ2) is 5.77. The summed E-state index contributed by atoms with van der Waals surface area (Å²) < 4.78 is 41.2. The molecule has 0 saturated carbocycles. The van der Waals surface area contributed by atoms with Crippen molar-refractivity contribution < 1.29 is 23.0 Å². The lowest BCUT2D eigenvalue weighted by Crippen LogP contribution is -2.18. The molecule has 0 spiro atoms. The van der Waals surface area contributed by atoms with Gasteiger partial charge in [0.2, 0.25) is 0 Å². The number of aryl methyl sites for hydroxylation is 2. The number of ether oxygens (including phenoxy) is 1.